The van der Waals surface area contributed by atoms with E-state index in [0.717, 1.165) is 30.5 Å². The standard InChI is InChI=1S/C17H18Cl2FN/c1-2-17(13-5-8-15(18)16(19)11-13)21-10-9-12-3-6-14(20)7-4-12/h3-8,11,17,21H,2,9-10H2,1H3. The molecule has 0 heterocycles. The van der Waals surface area contributed by atoms with Gasteiger partial charge in [0.1, 0.15) is 5.82 Å². The van der Waals surface area contributed by atoms with E-state index in [1.165, 1.54) is 12.1 Å². The Bertz CT molecular complexity index is 584. The molecule has 0 fully saturated rings. The summed E-state index contributed by atoms with van der Waals surface area (Å²) < 4.78 is 12.8. The van der Waals surface area contributed by atoms with E-state index in [9.17, 15) is 4.39 Å². The first-order valence-electron chi connectivity index (χ1n) is 7.03. The summed E-state index contributed by atoms with van der Waals surface area (Å²) in [7, 11) is 0. The van der Waals surface area contributed by atoms with Crippen molar-refractivity contribution in [3.8, 4) is 0 Å². The predicted octanol–water partition coefficient (Wildman–Crippen LogP) is 5.42. The highest BCUT2D eigenvalue weighted by Crippen LogP contribution is 2.26. The summed E-state index contributed by atoms with van der Waals surface area (Å²) >= 11 is 12.0. The zero-order valence-corrected chi connectivity index (χ0v) is 13.4. The Morgan fingerprint density at radius 1 is 1.05 bits per heavy atom. The van der Waals surface area contributed by atoms with Gasteiger partial charge in [-0.15, -0.1) is 0 Å². The minimum Gasteiger partial charge on any atom is -0.310 e. The molecule has 0 aromatic heterocycles. The zero-order valence-electron chi connectivity index (χ0n) is 11.9. The van der Waals surface area contributed by atoms with Gasteiger partial charge in [0, 0.05) is 6.04 Å². The highest BCUT2D eigenvalue weighted by atomic mass is 35.5. The summed E-state index contributed by atoms with van der Waals surface area (Å²) in [6, 6.07) is 12.6. The molecular weight excluding hydrogens is 308 g/mol. The third-order valence-electron chi connectivity index (χ3n) is 3.47. The lowest BCUT2D eigenvalue weighted by Crippen LogP contribution is -2.23. The van der Waals surface area contributed by atoms with Crippen LogP contribution in [0.2, 0.25) is 10.0 Å². The van der Waals surface area contributed by atoms with Gasteiger partial charge in [0.2, 0.25) is 0 Å². The van der Waals surface area contributed by atoms with E-state index in [1.807, 2.05) is 30.3 Å². The van der Waals surface area contributed by atoms with Gasteiger partial charge in [-0.3, -0.25) is 0 Å². The minimum atomic E-state index is -0.200. The molecule has 0 amide bonds. The van der Waals surface area contributed by atoms with Crippen LogP contribution in [0.4, 0.5) is 4.39 Å². The van der Waals surface area contributed by atoms with Crippen LogP contribution in [0.5, 0.6) is 0 Å². The molecule has 1 unspecified atom stereocenters. The largest absolute Gasteiger partial charge is 0.310 e. The first kappa shape index (κ1) is 16.3. The topological polar surface area (TPSA) is 12.0 Å². The van der Waals surface area contributed by atoms with Crippen LogP contribution in [-0.4, -0.2) is 6.54 Å². The fourth-order valence-corrected chi connectivity index (χ4v) is 2.58. The van der Waals surface area contributed by atoms with Crippen molar-refractivity contribution in [2.75, 3.05) is 6.54 Å². The van der Waals surface area contributed by atoms with Gasteiger partial charge in [-0.05, 0) is 54.8 Å². The molecule has 0 radical (unpaired) electrons. The maximum absolute atomic E-state index is 12.8. The quantitative estimate of drug-likeness (QED) is 0.748. The molecule has 0 spiro atoms. The van der Waals surface area contributed by atoms with Crippen LogP contribution >= 0.6 is 23.2 Å². The van der Waals surface area contributed by atoms with Crippen molar-refractivity contribution < 1.29 is 4.39 Å². The molecule has 1 nitrogen and oxygen atoms in total. The Morgan fingerprint density at radius 3 is 2.38 bits per heavy atom. The van der Waals surface area contributed by atoms with Gasteiger partial charge in [-0.1, -0.05) is 48.3 Å². The molecule has 0 aliphatic heterocycles. The SMILES string of the molecule is CCC(NCCc1ccc(F)cc1)c1ccc(Cl)c(Cl)c1. The summed E-state index contributed by atoms with van der Waals surface area (Å²) in [4.78, 5) is 0. The molecule has 4 heteroatoms. The van der Waals surface area contributed by atoms with Crippen LogP contribution in [0.15, 0.2) is 42.5 Å². The monoisotopic (exact) mass is 325 g/mol. The first-order valence-corrected chi connectivity index (χ1v) is 7.78. The molecule has 0 aliphatic rings. The summed E-state index contributed by atoms with van der Waals surface area (Å²) in [5, 5.41) is 4.65. The second-order valence-electron chi connectivity index (χ2n) is 4.96. The van der Waals surface area contributed by atoms with Gasteiger partial charge >= 0.3 is 0 Å². The normalized spacial score (nSPS) is 12.4. The second-order valence-corrected chi connectivity index (χ2v) is 5.78. The van der Waals surface area contributed by atoms with Crippen molar-refractivity contribution >= 4 is 23.2 Å². The lowest BCUT2D eigenvalue weighted by atomic mass is 10.0. The molecule has 112 valence electrons. The molecule has 0 saturated heterocycles. The third-order valence-corrected chi connectivity index (χ3v) is 4.21. The van der Waals surface area contributed by atoms with E-state index in [0.29, 0.717) is 10.0 Å². The van der Waals surface area contributed by atoms with Gasteiger partial charge < -0.3 is 5.32 Å². The van der Waals surface area contributed by atoms with Crippen molar-refractivity contribution in [2.24, 2.45) is 0 Å². The maximum Gasteiger partial charge on any atom is 0.123 e. The van der Waals surface area contributed by atoms with Gasteiger partial charge in [0.15, 0.2) is 0 Å². The summed E-state index contributed by atoms with van der Waals surface area (Å²) in [6.07, 6.45) is 1.82. The number of nitrogens with one attached hydrogen (secondary N) is 1. The molecule has 1 N–H and O–H groups in total. The Labute approximate surface area is 135 Å². The van der Waals surface area contributed by atoms with Gasteiger partial charge in [-0.25, -0.2) is 4.39 Å². The molecule has 0 bridgehead atoms. The smallest absolute Gasteiger partial charge is 0.123 e. The Morgan fingerprint density at radius 2 is 1.76 bits per heavy atom. The van der Waals surface area contributed by atoms with E-state index in [-0.39, 0.29) is 11.9 Å². The van der Waals surface area contributed by atoms with Gasteiger partial charge in [0.05, 0.1) is 10.0 Å². The number of hydrogen-bond acceptors (Lipinski definition) is 1. The van der Waals surface area contributed by atoms with E-state index in [4.69, 9.17) is 23.2 Å². The Kier molecular flexibility index (Phi) is 6.04. The van der Waals surface area contributed by atoms with E-state index in [2.05, 4.69) is 12.2 Å². The van der Waals surface area contributed by atoms with Crippen molar-refractivity contribution in [3.05, 3.63) is 69.5 Å². The second kappa shape index (κ2) is 7.79. The third kappa shape index (κ3) is 4.70. The van der Waals surface area contributed by atoms with E-state index in [1.54, 1.807) is 0 Å². The number of halogens is 3. The van der Waals surface area contributed by atoms with Crippen LogP contribution in [0.25, 0.3) is 0 Å². The highest BCUT2D eigenvalue weighted by molar-refractivity contribution is 6.42. The van der Waals surface area contributed by atoms with Crippen LogP contribution < -0.4 is 5.32 Å². The molecule has 0 saturated carbocycles. The van der Waals surface area contributed by atoms with Gasteiger partial charge in [-0.2, -0.15) is 0 Å². The first-order chi connectivity index (χ1) is 10.1. The van der Waals surface area contributed by atoms with E-state index < -0.39 is 0 Å². The molecule has 2 rings (SSSR count). The lowest BCUT2D eigenvalue weighted by Gasteiger charge is -2.18. The van der Waals surface area contributed by atoms with Crippen LogP contribution in [0.3, 0.4) is 0 Å². The number of benzene rings is 2. The molecule has 21 heavy (non-hydrogen) atoms. The Hall–Kier alpha value is -1.09. The fraction of sp³-hybridized carbons (Fsp3) is 0.294. The molecule has 2 aromatic carbocycles. The van der Waals surface area contributed by atoms with Gasteiger partial charge in [0.25, 0.3) is 0 Å². The fourth-order valence-electron chi connectivity index (χ4n) is 2.27. The van der Waals surface area contributed by atoms with Crippen molar-refractivity contribution in [3.63, 3.8) is 0 Å². The molecule has 1 atom stereocenters. The average molecular weight is 326 g/mol. The molecular formula is C17H18Cl2FN. The van der Waals surface area contributed by atoms with Crippen LogP contribution in [0.1, 0.15) is 30.5 Å². The van der Waals surface area contributed by atoms with E-state index >= 15 is 0 Å². The average Bonchev–Trinajstić information content (AvgIpc) is 2.49. The lowest BCUT2D eigenvalue weighted by molar-refractivity contribution is 0.522. The predicted molar refractivity (Wildman–Crippen MR) is 87.6 cm³/mol. The number of hydrogen-bond donors (Lipinski definition) is 1. The highest BCUT2D eigenvalue weighted by Gasteiger charge is 2.10. The molecule has 0 aliphatic carbocycles. The maximum atomic E-state index is 12.8. The Balaban J connectivity index is 1.93. The minimum absolute atomic E-state index is 0.200. The molecule has 2 aromatic rings. The van der Waals surface area contributed by atoms with Crippen LogP contribution in [-0.2, 0) is 6.42 Å². The van der Waals surface area contributed by atoms with Crippen molar-refractivity contribution in [1.29, 1.82) is 0 Å². The summed E-state index contributed by atoms with van der Waals surface area (Å²) in [5.74, 6) is -0.200. The summed E-state index contributed by atoms with van der Waals surface area (Å²) in [6.45, 7) is 2.95. The number of rotatable bonds is 6. The summed E-state index contributed by atoms with van der Waals surface area (Å²) in [5.41, 5.74) is 2.25. The van der Waals surface area contributed by atoms with Crippen molar-refractivity contribution in [2.45, 2.75) is 25.8 Å². The van der Waals surface area contributed by atoms with Crippen LogP contribution in [0, 0.1) is 5.82 Å². The van der Waals surface area contributed by atoms with Crippen molar-refractivity contribution in [1.82, 2.24) is 5.32 Å². The zero-order chi connectivity index (χ0) is 15.2.